The summed E-state index contributed by atoms with van der Waals surface area (Å²) in [7, 11) is 0. The van der Waals surface area contributed by atoms with E-state index in [1.54, 1.807) is 0 Å². The highest BCUT2D eigenvalue weighted by atomic mass is 35.5. The number of halogens is 4. The van der Waals surface area contributed by atoms with Crippen LogP contribution >= 0.6 is 11.6 Å². The largest absolute Gasteiger partial charge is 0.416 e. The van der Waals surface area contributed by atoms with E-state index in [4.69, 9.17) is 11.6 Å². The van der Waals surface area contributed by atoms with E-state index in [0.29, 0.717) is 6.54 Å². The molecule has 1 amide bonds. The summed E-state index contributed by atoms with van der Waals surface area (Å²) in [6, 6.07) is 1.02. The van der Waals surface area contributed by atoms with Gasteiger partial charge in [0.05, 0.1) is 10.6 Å². The van der Waals surface area contributed by atoms with Gasteiger partial charge in [-0.2, -0.15) is 17.9 Å². The van der Waals surface area contributed by atoms with E-state index in [-0.39, 0.29) is 16.1 Å². The Kier molecular flexibility index (Phi) is 5.46. The lowest BCUT2D eigenvalue weighted by Crippen LogP contribution is -2.30. The Labute approximate surface area is 135 Å². The molecule has 1 N–H and O–H groups in total. The molecule has 0 radical (unpaired) electrons. The standard InChI is InChI=1S/C14H16ClF3N4O/c1-2-3-4-5-6-19-13(23)22-12-10(15)7-9(14(16,17)18)8-11(12)20-21-22/h7-8H,2-6H2,1H3,(H,19,23). The summed E-state index contributed by atoms with van der Waals surface area (Å²) in [6.07, 6.45) is -0.571. The second-order valence-electron chi connectivity index (χ2n) is 5.12. The first-order chi connectivity index (χ1) is 10.8. The third-order valence-corrected chi connectivity index (χ3v) is 3.61. The Bertz CT molecular complexity index is 699. The van der Waals surface area contributed by atoms with E-state index in [2.05, 4.69) is 22.6 Å². The minimum Gasteiger partial charge on any atom is -0.336 e. The van der Waals surface area contributed by atoms with Crippen LogP contribution in [-0.4, -0.2) is 27.6 Å². The van der Waals surface area contributed by atoms with Gasteiger partial charge in [0.1, 0.15) is 11.0 Å². The molecule has 5 nitrogen and oxygen atoms in total. The lowest BCUT2D eigenvalue weighted by molar-refractivity contribution is -0.137. The first-order valence-corrected chi connectivity index (χ1v) is 7.62. The molecule has 0 fully saturated rings. The van der Waals surface area contributed by atoms with Crippen LogP contribution in [0.15, 0.2) is 12.1 Å². The van der Waals surface area contributed by atoms with E-state index < -0.39 is 17.8 Å². The van der Waals surface area contributed by atoms with E-state index >= 15 is 0 Å². The summed E-state index contributed by atoms with van der Waals surface area (Å²) in [5.74, 6) is 0. The third kappa shape index (κ3) is 4.13. The number of amides is 1. The molecule has 0 spiro atoms. The fourth-order valence-corrected chi connectivity index (χ4v) is 2.43. The molecule has 1 aromatic carbocycles. The highest BCUT2D eigenvalue weighted by Crippen LogP contribution is 2.34. The maximum Gasteiger partial charge on any atom is 0.416 e. The summed E-state index contributed by atoms with van der Waals surface area (Å²) < 4.78 is 39.1. The SMILES string of the molecule is CCCCCCNC(=O)n1nnc2cc(C(F)(F)F)cc(Cl)c21. The van der Waals surface area contributed by atoms with Crippen molar-refractivity contribution >= 4 is 28.7 Å². The zero-order valence-corrected chi connectivity index (χ0v) is 13.2. The number of aromatic nitrogens is 3. The molecule has 1 aromatic heterocycles. The van der Waals surface area contributed by atoms with Crippen LogP contribution in [-0.2, 0) is 6.18 Å². The van der Waals surface area contributed by atoms with Crippen LogP contribution in [0.5, 0.6) is 0 Å². The Hall–Kier alpha value is -1.83. The molecule has 0 atom stereocenters. The molecule has 0 aliphatic heterocycles. The van der Waals surface area contributed by atoms with Crippen molar-refractivity contribution in [3.63, 3.8) is 0 Å². The van der Waals surface area contributed by atoms with Crippen molar-refractivity contribution in [2.45, 2.75) is 38.8 Å². The molecule has 126 valence electrons. The van der Waals surface area contributed by atoms with Gasteiger partial charge >= 0.3 is 12.2 Å². The maximum absolute atomic E-state index is 12.7. The van der Waals surface area contributed by atoms with E-state index in [1.165, 1.54) is 0 Å². The van der Waals surface area contributed by atoms with Gasteiger partial charge in [0, 0.05) is 6.54 Å². The Morgan fingerprint density at radius 1 is 1.30 bits per heavy atom. The van der Waals surface area contributed by atoms with Crippen molar-refractivity contribution < 1.29 is 18.0 Å². The molecule has 0 bridgehead atoms. The second kappa shape index (κ2) is 7.16. The number of unbranched alkanes of at least 4 members (excludes halogenated alkanes) is 3. The van der Waals surface area contributed by atoms with Gasteiger partial charge in [-0.25, -0.2) is 4.79 Å². The fraction of sp³-hybridized carbons (Fsp3) is 0.500. The molecular weight excluding hydrogens is 333 g/mol. The zero-order valence-electron chi connectivity index (χ0n) is 12.5. The predicted octanol–water partition coefficient (Wildman–Crippen LogP) is 4.24. The summed E-state index contributed by atoms with van der Waals surface area (Å²) >= 11 is 5.88. The van der Waals surface area contributed by atoms with Gasteiger partial charge in [0.2, 0.25) is 0 Å². The van der Waals surface area contributed by atoms with Gasteiger partial charge in [-0.1, -0.05) is 43.0 Å². The van der Waals surface area contributed by atoms with Crippen molar-refractivity contribution in [3.8, 4) is 0 Å². The van der Waals surface area contributed by atoms with E-state index in [0.717, 1.165) is 42.5 Å². The van der Waals surface area contributed by atoms with Crippen LogP contribution < -0.4 is 5.32 Å². The molecule has 23 heavy (non-hydrogen) atoms. The van der Waals surface area contributed by atoms with Crippen LogP contribution in [0.2, 0.25) is 5.02 Å². The lowest BCUT2D eigenvalue weighted by atomic mass is 10.2. The van der Waals surface area contributed by atoms with Crippen LogP contribution in [0.25, 0.3) is 11.0 Å². The van der Waals surface area contributed by atoms with Crippen molar-refractivity contribution in [3.05, 3.63) is 22.7 Å². The van der Waals surface area contributed by atoms with Crippen LogP contribution in [0.3, 0.4) is 0 Å². The van der Waals surface area contributed by atoms with Crippen LogP contribution in [0.1, 0.15) is 38.2 Å². The third-order valence-electron chi connectivity index (χ3n) is 3.32. The minimum absolute atomic E-state index is 0.0609. The number of hydrogen-bond acceptors (Lipinski definition) is 3. The number of fused-ring (bicyclic) bond motifs is 1. The number of carbonyl (C=O) groups is 1. The molecule has 0 saturated carbocycles. The van der Waals surface area contributed by atoms with Gasteiger partial charge < -0.3 is 5.32 Å². The average Bonchev–Trinajstić information content (AvgIpc) is 2.90. The average molecular weight is 349 g/mol. The van der Waals surface area contributed by atoms with Crippen molar-refractivity contribution in [2.24, 2.45) is 0 Å². The number of hydrogen-bond donors (Lipinski definition) is 1. The number of nitrogens with one attached hydrogen (secondary N) is 1. The van der Waals surface area contributed by atoms with Gasteiger partial charge in [-0.15, -0.1) is 5.10 Å². The summed E-state index contributed by atoms with van der Waals surface area (Å²) in [6.45, 7) is 2.54. The van der Waals surface area contributed by atoms with Crippen LogP contribution in [0, 0.1) is 0 Å². The molecule has 2 aromatic rings. The molecule has 0 saturated heterocycles. The molecule has 0 aliphatic rings. The highest BCUT2D eigenvalue weighted by molar-refractivity contribution is 6.35. The Morgan fingerprint density at radius 3 is 2.70 bits per heavy atom. The first-order valence-electron chi connectivity index (χ1n) is 7.25. The number of carbonyl (C=O) groups excluding carboxylic acids is 1. The quantitative estimate of drug-likeness (QED) is 0.822. The first kappa shape index (κ1) is 17.5. The lowest BCUT2D eigenvalue weighted by Gasteiger charge is -2.08. The number of rotatable bonds is 5. The molecular formula is C14H16ClF3N4O. The molecule has 2 rings (SSSR count). The molecule has 1 heterocycles. The molecule has 0 aliphatic carbocycles. The monoisotopic (exact) mass is 348 g/mol. The number of benzene rings is 1. The van der Waals surface area contributed by atoms with Crippen molar-refractivity contribution in [1.82, 2.24) is 20.3 Å². The fourth-order valence-electron chi connectivity index (χ4n) is 2.14. The zero-order chi connectivity index (χ0) is 17.0. The van der Waals surface area contributed by atoms with Crippen LogP contribution in [0.4, 0.5) is 18.0 Å². The summed E-state index contributed by atoms with van der Waals surface area (Å²) in [5, 5.41) is 9.62. The van der Waals surface area contributed by atoms with Gasteiger partial charge in [0.25, 0.3) is 0 Å². The topological polar surface area (TPSA) is 59.8 Å². The van der Waals surface area contributed by atoms with Crippen molar-refractivity contribution in [1.29, 1.82) is 0 Å². The van der Waals surface area contributed by atoms with Gasteiger partial charge in [0.15, 0.2) is 0 Å². The van der Waals surface area contributed by atoms with E-state index in [1.807, 2.05) is 0 Å². The maximum atomic E-state index is 12.7. The Balaban J connectivity index is 2.18. The Morgan fingerprint density at radius 2 is 2.04 bits per heavy atom. The van der Waals surface area contributed by atoms with Gasteiger partial charge in [-0.05, 0) is 18.6 Å². The molecule has 9 heteroatoms. The normalized spacial score (nSPS) is 11.9. The van der Waals surface area contributed by atoms with E-state index in [9.17, 15) is 18.0 Å². The molecule has 0 unspecified atom stereocenters. The smallest absolute Gasteiger partial charge is 0.336 e. The number of alkyl halides is 3. The predicted molar refractivity (Wildman–Crippen MR) is 80.5 cm³/mol. The van der Waals surface area contributed by atoms with Gasteiger partial charge in [-0.3, -0.25) is 0 Å². The second-order valence-corrected chi connectivity index (χ2v) is 5.52. The minimum atomic E-state index is -4.54. The summed E-state index contributed by atoms with van der Waals surface area (Å²) in [5.41, 5.74) is -0.946. The summed E-state index contributed by atoms with van der Waals surface area (Å²) in [4.78, 5) is 12.1. The number of nitrogens with zero attached hydrogens (tertiary/aromatic N) is 3. The highest BCUT2D eigenvalue weighted by Gasteiger charge is 2.32. The van der Waals surface area contributed by atoms with Crippen molar-refractivity contribution in [2.75, 3.05) is 6.54 Å².